The summed E-state index contributed by atoms with van der Waals surface area (Å²) in [6.45, 7) is 38.4. The van der Waals surface area contributed by atoms with E-state index in [-0.39, 0.29) is 61.1 Å². The van der Waals surface area contributed by atoms with E-state index < -0.39 is 124 Å². The van der Waals surface area contributed by atoms with Crippen molar-refractivity contribution in [2.45, 2.75) is 405 Å². The number of carbonyl (C=O) groups is 8. The van der Waals surface area contributed by atoms with E-state index in [0.29, 0.717) is 24.5 Å². The number of aliphatic carboxylic acids is 2. The minimum atomic E-state index is -1.26. The first-order valence-corrected chi connectivity index (χ1v) is 50.6. The lowest BCUT2D eigenvalue weighted by Gasteiger charge is -2.41. The highest BCUT2D eigenvalue weighted by molar-refractivity contribution is 5.99. The molecule has 2 fully saturated rings. The molecule has 127 heavy (non-hydrogen) atoms. The summed E-state index contributed by atoms with van der Waals surface area (Å²) in [5.41, 5.74) is 1.58. The van der Waals surface area contributed by atoms with Crippen LogP contribution < -0.4 is 0 Å². The molecule has 0 aliphatic carbocycles. The van der Waals surface area contributed by atoms with Crippen LogP contribution in [-0.4, -0.2) is 82.9 Å². The Kier molecular flexibility index (Phi) is 53.8. The molecule has 6 rings (SSSR count). The fourth-order valence-electron chi connectivity index (χ4n) is 20.1. The molecule has 15 heteroatoms. The van der Waals surface area contributed by atoms with Crippen LogP contribution in [0.1, 0.15) is 427 Å². The molecule has 0 saturated carbocycles. The molecule has 0 aromatic heterocycles. The zero-order valence-corrected chi connectivity index (χ0v) is 82.9. The number of esters is 6. The van der Waals surface area contributed by atoms with Gasteiger partial charge in [0.1, 0.15) is 0 Å². The summed E-state index contributed by atoms with van der Waals surface area (Å²) in [7, 11) is 0. The Balaban J connectivity index is 0.000000503. The number of aliphatic hydroxyl groups excluding tert-OH is 1. The Morgan fingerprint density at radius 1 is 0.362 bits per heavy atom. The molecule has 2 aliphatic heterocycles. The average molecular weight is 1760 g/mol. The Morgan fingerprint density at radius 3 is 1.07 bits per heavy atom. The number of rotatable bonds is 61. The molecule has 0 bridgehead atoms. The van der Waals surface area contributed by atoms with Crippen molar-refractivity contribution in [2.24, 2.45) is 86.8 Å². The van der Waals surface area contributed by atoms with Gasteiger partial charge in [0.05, 0.1) is 60.6 Å². The molecule has 3 N–H and O–H groups in total. The summed E-state index contributed by atoms with van der Waals surface area (Å²) in [6.07, 6.45) is 43.3. The number of carboxylic acid groups (broad SMARTS) is 2. The second-order valence-electron chi connectivity index (χ2n) is 42.5. The molecule has 2 aliphatic rings. The standard InChI is InChI=1S/C64H106O8.C32H38O6.C16H34O/c1-11-15-19-23-25-31-39-49(37-29-21-17-13-3)47-71-61(69)54(57(60(67)68)58(64(8,9)10)52-43-35-28-36-44-52)45-53(51-41-33-27-34-42-51)56(55(59(65)66)46-63(5,6)7)62(70)72-48-50(38-30-22-18-14-4)40-32-26-24-20-16-12-2;1-31(2,3)18-23-24(29(35)38-28(23)34)21(19-13-9-7-10-14-19)17-22-25(30(36)37-27(22)33)26(32(4,5)6)20-15-11-8-12-16-20;1-3-5-7-9-10-12-14-16(15-17)13-11-8-6-4-2/h27-28,33-36,41-44,49-50,53-58H,11-26,29-32,37-40,45-48H2,1-10H3,(H,65,66)(H,67,68);7-16,21-26H,17-18H2,1-6H3;16-17H,3-15H2,1-2H3. The topological polar surface area (TPSA) is 234 Å². The van der Waals surface area contributed by atoms with Gasteiger partial charge in [-0.25, -0.2) is 0 Å². The maximum Gasteiger partial charge on any atom is 0.318 e. The number of hydrogen-bond donors (Lipinski definition) is 3. The highest BCUT2D eigenvalue weighted by Crippen LogP contribution is 2.54. The molecular formula is C112H178O15. The molecule has 15 nitrogen and oxygen atoms in total. The average Bonchev–Trinajstić information content (AvgIpc) is 1.69. The minimum absolute atomic E-state index is 0.107. The van der Waals surface area contributed by atoms with Crippen molar-refractivity contribution < 1.29 is 72.6 Å². The first kappa shape index (κ1) is 112. The number of unbranched alkanes of at least 4 members (excludes halogenated alkanes) is 24. The van der Waals surface area contributed by atoms with Crippen molar-refractivity contribution in [1.82, 2.24) is 0 Å². The predicted octanol–water partition coefficient (Wildman–Crippen LogP) is 29.2. The van der Waals surface area contributed by atoms with Crippen LogP contribution in [0.4, 0.5) is 0 Å². The largest absolute Gasteiger partial charge is 0.481 e. The van der Waals surface area contributed by atoms with Gasteiger partial charge in [0.15, 0.2) is 0 Å². The van der Waals surface area contributed by atoms with Gasteiger partial charge in [-0.05, 0) is 138 Å². The van der Waals surface area contributed by atoms with Crippen molar-refractivity contribution in [2.75, 3.05) is 19.8 Å². The SMILES string of the molecule is CC(C)(C)CC1C(=O)OC(=O)C1C(CC1C(=O)OC(=O)C1C(c1ccccc1)C(C)(C)C)c1ccccc1.CCCCCCCCC(CCCCCC)COC(=O)C(CC(c1ccccc1)C(C(=O)OCC(CCCCCC)CCCCCCCC)C(CC(C)(C)C)C(=O)O)C(C(=O)O)C(c1ccccc1)C(C)(C)C.CCCCCCCCC(CO)CCCCCC. The summed E-state index contributed by atoms with van der Waals surface area (Å²) in [4.78, 5) is 111. The Hall–Kier alpha value is -7.00. The van der Waals surface area contributed by atoms with E-state index in [9.17, 15) is 44.1 Å². The quantitative estimate of drug-likeness (QED) is 0.0161. The number of benzene rings is 4. The smallest absolute Gasteiger partial charge is 0.318 e. The lowest BCUT2D eigenvalue weighted by atomic mass is 9.62. The number of ether oxygens (including phenoxy) is 4. The van der Waals surface area contributed by atoms with E-state index in [4.69, 9.17) is 18.9 Å². The maximum absolute atomic E-state index is 15.4. The second kappa shape index (κ2) is 60.9. The number of hydrogen-bond acceptors (Lipinski definition) is 13. The van der Waals surface area contributed by atoms with Gasteiger partial charge in [0.2, 0.25) is 0 Å². The summed E-state index contributed by atoms with van der Waals surface area (Å²) < 4.78 is 23.4. The predicted molar refractivity (Wildman–Crippen MR) is 518 cm³/mol. The molecule has 2 saturated heterocycles. The fourth-order valence-corrected chi connectivity index (χ4v) is 20.1. The molecular weight excluding hydrogens is 1590 g/mol. The summed E-state index contributed by atoms with van der Waals surface area (Å²) >= 11 is 0. The van der Waals surface area contributed by atoms with Gasteiger partial charge in [-0.1, -0.05) is 439 Å². The van der Waals surface area contributed by atoms with Crippen LogP contribution in [0, 0.1) is 86.8 Å². The van der Waals surface area contributed by atoms with E-state index in [0.717, 1.165) is 119 Å². The second-order valence-corrected chi connectivity index (χ2v) is 42.5. The molecule has 716 valence electrons. The number of carboxylic acids is 2. The zero-order valence-electron chi connectivity index (χ0n) is 82.9. The van der Waals surface area contributed by atoms with Crippen molar-refractivity contribution in [3.8, 4) is 0 Å². The van der Waals surface area contributed by atoms with Crippen LogP contribution in [0.15, 0.2) is 121 Å². The highest BCUT2D eigenvalue weighted by Gasteiger charge is 2.57. The molecule has 15 unspecified atom stereocenters. The lowest BCUT2D eigenvalue weighted by molar-refractivity contribution is -0.165. The van der Waals surface area contributed by atoms with Crippen LogP contribution in [0.25, 0.3) is 0 Å². The third-order valence-corrected chi connectivity index (χ3v) is 26.8. The van der Waals surface area contributed by atoms with Gasteiger partial charge < -0.3 is 34.3 Å². The summed E-state index contributed by atoms with van der Waals surface area (Å²) in [6, 6.07) is 38.1. The van der Waals surface area contributed by atoms with E-state index in [1.54, 1.807) is 0 Å². The van der Waals surface area contributed by atoms with Crippen molar-refractivity contribution in [3.63, 3.8) is 0 Å². The zero-order chi connectivity index (χ0) is 94.0. The van der Waals surface area contributed by atoms with E-state index in [1.807, 2.05) is 184 Å². The molecule has 0 radical (unpaired) electrons. The van der Waals surface area contributed by atoms with Gasteiger partial charge in [-0.3, -0.25) is 38.4 Å². The van der Waals surface area contributed by atoms with Crippen LogP contribution in [0.2, 0.25) is 0 Å². The molecule has 4 aromatic carbocycles. The van der Waals surface area contributed by atoms with E-state index in [2.05, 4.69) is 62.3 Å². The van der Waals surface area contributed by atoms with Crippen molar-refractivity contribution in [3.05, 3.63) is 144 Å². The van der Waals surface area contributed by atoms with Crippen molar-refractivity contribution in [1.29, 1.82) is 0 Å². The van der Waals surface area contributed by atoms with E-state index in [1.165, 1.54) is 128 Å². The molecule has 0 spiro atoms. The van der Waals surface area contributed by atoms with Crippen LogP contribution >= 0.6 is 0 Å². The third-order valence-electron chi connectivity index (χ3n) is 26.8. The highest BCUT2D eigenvalue weighted by atomic mass is 16.6. The number of cyclic esters (lactones) is 4. The molecule has 4 aromatic rings. The normalized spacial score (nSPS) is 18.2. The van der Waals surface area contributed by atoms with Crippen LogP contribution in [0.5, 0.6) is 0 Å². The maximum atomic E-state index is 15.4. The van der Waals surface area contributed by atoms with Crippen molar-refractivity contribution >= 4 is 47.8 Å². The Morgan fingerprint density at radius 2 is 0.709 bits per heavy atom. The first-order valence-electron chi connectivity index (χ1n) is 50.6. The minimum Gasteiger partial charge on any atom is -0.481 e. The van der Waals surface area contributed by atoms with Crippen LogP contribution in [-0.2, 0) is 57.3 Å². The molecule has 2 heterocycles. The fraction of sp³-hybridized carbons (Fsp3) is 0.714. The van der Waals surface area contributed by atoms with Gasteiger partial charge in [-0.2, -0.15) is 0 Å². The van der Waals surface area contributed by atoms with Gasteiger partial charge in [0, 0.05) is 18.4 Å². The van der Waals surface area contributed by atoms with Gasteiger partial charge >= 0.3 is 47.8 Å². The Bertz CT molecular complexity index is 3660. The van der Waals surface area contributed by atoms with Gasteiger partial charge in [-0.15, -0.1) is 0 Å². The third kappa shape index (κ3) is 42.0. The Labute approximate surface area is 771 Å². The molecule has 0 amide bonds. The van der Waals surface area contributed by atoms with E-state index >= 15 is 9.59 Å². The summed E-state index contributed by atoms with van der Waals surface area (Å²) in [5, 5.41) is 32.2. The van der Waals surface area contributed by atoms with Crippen LogP contribution in [0.3, 0.4) is 0 Å². The first-order chi connectivity index (χ1) is 60.5. The van der Waals surface area contributed by atoms with Gasteiger partial charge in [0.25, 0.3) is 0 Å². The monoisotopic (exact) mass is 1760 g/mol. The lowest BCUT2D eigenvalue weighted by Crippen LogP contribution is -2.44. The molecule has 15 atom stereocenters. The number of carbonyl (C=O) groups excluding carboxylic acids is 6. The summed E-state index contributed by atoms with van der Waals surface area (Å²) in [5.74, 6) is -14.8. The number of aliphatic hydroxyl groups is 1.